The maximum absolute atomic E-state index is 14.8. The fourth-order valence-corrected chi connectivity index (χ4v) is 8.06. The summed E-state index contributed by atoms with van der Waals surface area (Å²) in [7, 11) is 0.690. The monoisotopic (exact) mass is 460 g/mol. The summed E-state index contributed by atoms with van der Waals surface area (Å²) >= 11 is 1.90. The topological polar surface area (TPSA) is 26.7 Å². The van der Waals surface area contributed by atoms with E-state index in [1.54, 1.807) is 6.07 Å². The Kier molecular flexibility index (Phi) is 8.38. The Bertz CT molecular complexity index is 841. The van der Waals surface area contributed by atoms with Gasteiger partial charge in [0.1, 0.15) is 14.1 Å². The summed E-state index contributed by atoms with van der Waals surface area (Å²) in [6.45, 7) is 8.00. The Labute approximate surface area is 192 Å². The van der Waals surface area contributed by atoms with Crippen molar-refractivity contribution in [1.82, 2.24) is 9.47 Å². The lowest BCUT2D eigenvalue weighted by Crippen LogP contribution is -2.46. The van der Waals surface area contributed by atoms with Gasteiger partial charge in [-0.1, -0.05) is 49.5 Å². The molecule has 0 spiro atoms. The predicted octanol–water partition coefficient (Wildman–Crippen LogP) is 5.31. The number of nitrogens with zero attached hydrogens (tertiary/aromatic N) is 2. The molecule has 0 saturated carbocycles. The number of likely N-dealkylation sites (tertiary alicyclic amines) is 1. The van der Waals surface area contributed by atoms with Gasteiger partial charge in [0, 0.05) is 31.7 Å². The van der Waals surface area contributed by atoms with Crippen LogP contribution in [0.1, 0.15) is 29.5 Å². The number of hydrogen-bond acceptors (Lipinski definition) is 4. The van der Waals surface area contributed by atoms with Gasteiger partial charge in [0.05, 0.1) is 5.60 Å². The first kappa shape index (κ1) is 24.5. The molecule has 1 heterocycles. The van der Waals surface area contributed by atoms with Gasteiger partial charge in [0.25, 0.3) is 0 Å². The molecular formula is C25H37FN2OSSi. The van der Waals surface area contributed by atoms with Crippen molar-refractivity contribution in [2.24, 2.45) is 0 Å². The van der Waals surface area contributed by atoms with Crippen molar-refractivity contribution in [2.75, 3.05) is 32.1 Å². The standard InChI is InChI=1S/C25H37FN2OSSi/c1-27(31(3,4)17-16-30-2)19-22-10-11-24(26)23(18-22)25(29)12-14-28(15-13-25)20-21-8-6-5-7-9-21/h5-11,18,29H,12-17,19-20H2,1-4H3. The SMILES string of the molecule is CSCC[Si](C)(C)N(C)Cc1ccc(F)c(C2(O)CCN(Cc3ccccc3)CC2)c1. The van der Waals surface area contributed by atoms with Gasteiger partial charge in [0.2, 0.25) is 0 Å². The van der Waals surface area contributed by atoms with Gasteiger partial charge in [-0.15, -0.1) is 0 Å². The molecule has 0 unspecified atom stereocenters. The Morgan fingerprint density at radius 3 is 2.42 bits per heavy atom. The van der Waals surface area contributed by atoms with Crippen LogP contribution < -0.4 is 0 Å². The third-order valence-electron chi connectivity index (χ3n) is 6.84. The lowest BCUT2D eigenvalue weighted by Gasteiger charge is -2.39. The van der Waals surface area contributed by atoms with Crippen LogP contribution in [-0.4, -0.2) is 55.0 Å². The van der Waals surface area contributed by atoms with E-state index in [9.17, 15) is 9.50 Å². The third-order valence-corrected chi connectivity index (χ3v) is 11.5. The average molecular weight is 461 g/mol. The van der Waals surface area contributed by atoms with E-state index in [1.165, 1.54) is 17.4 Å². The second-order valence-electron chi connectivity index (χ2n) is 9.52. The Morgan fingerprint density at radius 2 is 1.77 bits per heavy atom. The van der Waals surface area contributed by atoms with Gasteiger partial charge < -0.3 is 9.67 Å². The summed E-state index contributed by atoms with van der Waals surface area (Å²) in [5.74, 6) is 0.890. The largest absolute Gasteiger partial charge is 0.385 e. The summed E-state index contributed by atoms with van der Waals surface area (Å²) in [4.78, 5) is 2.35. The van der Waals surface area contributed by atoms with Crippen molar-refractivity contribution in [3.05, 3.63) is 71.0 Å². The van der Waals surface area contributed by atoms with Crippen LogP contribution in [0.15, 0.2) is 48.5 Å². The molecule has 1 saturated heterocycles. The van der Waals surface area contributed by atoms with Crippen molar-refractivity contribution in [3.8, 4) is 0 Å². The first-order valence-corrected chi connectivity index (χ1v) is 15.8. The number of rotatable bonds is 9. The molecule has 0 amide bonds. The molecule has 1 aliphatic rings. The smallest absolute Gasteiger partial charge is 0.129 e. The van der Waals surface area contributed by atoms with E-state index in [2.05, 4.69) is 60.1 Å². The van der Waals surface area contributed by atoms with Crippen molar-refractivity contribution < 1.29 is 9.50 Å². The molecule has 3 rings (SSSR count). The van der Waals surface area contributed by atoms with Gasteiger partial charge in [-0.3, -0.25) is 4.90 Å². The predicted molar refractivity (Wildman–Crippen MR) is 133 cm³/mol. The summed E-state index contributed by atoms with van der Waals surface area (Å²) in [5, 5.41) is 11.4. The molecular weight excluding hydrogens is 423 g/mol. The molecule has 0 atom stereocenters. The highest BCUT2D eigenvalue weighted by Crippen LogP contribution is 2.35. The molecule has 3 nitrogen and oxygen atoms in total. The number of aliphatic hydroxyl groups is 1. The van der Waals surface area contributed by atoms with Crippen molar-refractivity contribution >= 4 is 20.0 Å². The summed E-state index contributed by atoms with van der Waals surface area (Å²) in [5.41, 5.74) is 1.75. The number of thioether (sulfide) groups is 1. The molecule has 1 aliphatic heterocycles. The zero-order chi connectivity index (χ0) is 22.5. The molecule has 0 aromatic heterocycles. The second-order valence-corrected chi connectivity index (χ2v) is 15.4. The maximum atomic E-state index is 14.8. The zero-order valence-corrected chi connectivity index (χ0v) is 21.2. The molecule has 6 heteroatoms. The van der Waals surface area contributed by atoms with E-state index < -0.39 is 13.8 Å². The second kappa shape index (κ2) is 10.6. The Hall–Kier alpha value is -1.18. The van der Waals surface area contributed by atoms with Gasteiger partial charge in [0.15, 0.2) is 0 Å². The number of hydrogen-bond donors (Lipinski definition) is 1. The van der Waals surface area contributed by atoms with Crippen molar-refractivity contribution in [3.63, 3.8) is 0 Å². The van der Waals surface area contributed by atoms with Crippen molar-refractivity contribution in [1.29, 1.82) is 0 Å². The van der Waals surface area contributed by atoms with E-state index in [-0.39, 0.29) is 5.82 Å². The van der Waals surface area contributed by atoms with Crippen LogP contribution in [0.2, 0.25) is 19.1 Å². The third kappa shape index (κ3) is 6.42. The molecule has 1 N–H and O–H groups in total. The molecule has 170 valence electrons. The average Bonchev–Trinajstić information content (AvgIpc) is 2.76. The minimum atomic E-state index is -1.50. The normalized spacial score (nSPS) is 17.3. The lowest BCUT2D eigenvalue weighted by atomic mass is 9.83. The van der Waals surface area contributed by atoms with Gasteiger partial charge >= 0.3 is 0 Å². The van der Waals surface area contributed by atoms with Gasteiger partial charge in [-0.2, -0.15) is 11.8 Å². The molecule has 31 heavy (non-hydrogen) atoms. The Morgan fingerprint density at radius 1 is 1.10 bits per heavy atom. The molecule has 1 fully saturated rings. The summed E-state index contributed by atoms with van der Waals surface area (Å²) in [6, 6.07) is 17.0. The first-order valence-electron chi connectivity index (χ1n) is 11.2. The minimum Gasteiger partial charge on any atom is -0.385 e. The van der Waals surface area contributed by atoms with Gasteiger partial charge in [-0.25, -0.2) is 4.39 Å². The minimum absolute atomic E-state index is 0.288. The van der Waals surface area contributed by atoms with Gasteiger partial charge in [-0.05, 0) is 61.2 Å². The molecule has 0 radical (unpaired) electrons. The van der Waals surface area contributed by atoms with Crippen LogP contribution in [0.25, 0.3) is 0 Å². The highest BCUT2D eigenvalue weighted by atomic mass is 32.2. The zero-order valence-electron chi connectivity index (χ0n) is 19.4. The summed E-state index contributed by atoms with van der Waals surface area (Å²) in [6.07, 6.45) is 3.27. The highest BCUT2D eigenvalue weighted by Gasteiger charge is 2.36. The van der Waals surface area contributed by atoms with Crippen molar-refractivity contribution in [2.45, 2.75) is 50.7 Å². The number of halogens is 1. The van der Waals surface area contributed by atoms with E-state index in [4.69, 9.17) is 0 Å². The van der Waals surface area contributed by atoms with E-state index >= 15 is 0 Å². The first-order chi connectivity index (χ1) is 14.7. The molecule has 0 bridgehead atoms. The van der Waals surface area contributed by atoms with Crippen LogP contribution in [0, 0.1) is 5.82 Å². The van der Waals surface area contributed by atoms with E-state index in [1.807, 2.05) is 30.0 Å². The van der Waals surface area contributed by atoms with E-state index in [0.29, 0.717) is 18.4 Å². The number of benzene rings is 2. The molecule has 2 aromatic carbocycles. The van der Waals surface area contributed by atoms with Crippen LogP contribution >= 0.6 is 11.8 Å². The fraction of sp³-hybridized carbons (Fsp3) is 0.520. The van der Waals surface area contributed by atoms with E-state index in [0.717, 1.165) is 31.7 Å². The molecule has 0 aliphatic carbocycles. The lowest BCUT2D eigenvalue weighted by molar-refractivity contribution is -0.0303. The van der Waals surface area contributed by atoms with Crippen LogP contribution in [0.3, 0.4) is 0 Å². The maximum Gasteiger partial charge on any atom is 0.129 e. The summed E-state index contributed by atoms with van der Waals surface area (Å²) < 4.78 is 17.3. The quantitative estimate of drug-likeness (QED) is 0.513. The fourth-order valence-electron chi connectivity index (χ4n) is 4.25. The van der Waals surface area contributed by atoms with Crippen LogP contribution in [-0.2, 0) is 18.7 Å². The highest BCUT2D eigenvalue weighted by molar-refractivity contribution is 7.98. The van der Waals surface area contributed by atoms with Crippen LogP contribution in [0.5, 0.6) is 0 Å². The number of piperidine rings is 1. The molecule has 2 aromatic rings. The van der Waals surface area contributed by atoms with Crippen LogP contribution in [0.4, 0.5) is 4.39 Å². The Balaban J connectivity index is 1.67.